The smallest absolute Gasteiger partial charge is 0.0919 e. The minimum atomic E-state index is 0.299. The topological polar surface area (TPSA) is 12.5 Å². The first-order valence-corrected chi connectivity index (χ1v) is 8.10. The van der Waals surface area contributed by atoms with Crippen LogP contribution >= 0.6 is 0 Å². The van der Waals surface area contributed by atoms with Crippen molar-refractivity contribution >= 4 is 0 Å². The Hall–Kier alpha value is -0.300. The van der Waals surface area contributed by atoms with Gasteiger partial charge in [0.15, 0.2) is 0 Å². The van der Waals surface area contributed by atoms with E-state index in [2.05, 4.69) is 19.1 Å². The van der Waals surface area contributed by atoms with E-state index in [0.29, 0.717) is 5.60 Å². The Labute approximate surface area is 113 Å². The molecule has 1 aliphatic carbocycles. The first kappa shape index (κ1) is 14.1. The van der Waals surface area contributed by atoms with Crippen molar-refractivity contribution in [2.45, 2.75) is 83.2 Å². The van der Waals surface area contributed by atoms with Crippen molar-refractivity contribution in [2.75, 3.05) is 6.61 Å². The monoisotopic (exact) mass is 250 g/mol. The molecule has 0 aromatic rings. The van der Waals surface area contributed by atoms with Crippen molar-refractivity contribution in [3.8, 4) is 0 Å². The Morgan fingerprint density at radius 3 is 2.33 bits per heavy atom. The standard InChI is InChI=1S/C17H30O/c1-16-12-10-8-6-4-2-3-5-7-9-11-13-17(14-16)15-18-17/h8,10,16H,2-7,9,11-15H2,1H3/b10-8-/t16-,17?/m1/s1. The van der Waals surface area contributed by atoms with Crippen LogP contribution in [0.1, 0.15) is 77.6 Å². The van der Waals surface area contributed by atoms with Gasteiger partial charge in [-0.3, -0.25) is 0 Å². The van der Waals surface area contributed by atoms with E-state index in [9.17, 15) is 0 Å². The minimum absolute atomic E-state index is 0.299. The van der Waals surface area contributed by atoms with Gasteiger partial charge in [0.25, 0.3) is 0 Å². The lowest BCUT2D eigenvalue weighted by Crippen LogP contribution is -2.15. The lowest BCUT2D eigenvalue weighted by Gasteiger charge is -2.16. The molecule has 0 radical (unpaired) electrons. The number of hydrogen-bond acceptors (Lipinski definition) is 1. The minimum Gasteiger partial charge on any atom is -0.370 e. The molecular weight excluding hydrogens is 220 g/mol. The van der Waals surface area contributed by atoms with Crippen LogP contribution in [0.3, 0.4) is 0 Å². The Morgan fingerprint density at radius 2 is 1.61 bits per heavy atom. The second-order valence-corrected chi connectivity index (χ2v) is 6.50. The van der Waals surface area contributed by atoms with E-state index >= 15 is 0 Å². The zero-order chi connectivity index (χ0) is 12.7. The quantitative estimate of drug-likeness (QED) is 0.422. The summed E-state index contributed by atoms with van der Waals surface area (Å²) in [7, 11) is 0. The van der Waals surface area contributed by atoms with Gasteiger partial charge in [0.05, 0.1) is 12.2 Å². The maximum absolute atomic E-state index is 5.77. The van der Waals surface area contributed by atoms with Gasteiger partial charge in [-0.25, -0.2) is 0 Å². The van der Waals surface area contributed by atoms with E-state index in [4.69, 9.17) is 4.74 Å². The third-order valence-corrected chi connectivity index (χ3v) is 4.48. The van der Waals surface area contributed by atoms with Gasteiger partial charge in [-0.2, -0.15) is 0 Å². The fourth-order valence-corrected chi connectivity index (χ4v) is 3.22. The van der Waals surface area contributed by atoms with Crippen molar-refractivity contribution in [1.82, 2.24) is 0 Å². The van der Waals surface area contributed by atoms with Gasteiger partial charge in [0, 0.05) is 0 Å². The molecule has 2 aliphatic rings. The summed E-state index contributed by atoms with van der Waals surface area (Å²) < 4.78 is 5.77. The molecule has 0 N–H and O–H groups in total. The molecule has 1 nitrogen and oxygen atoms in total. The molecule has 1 unspecified atom stereocenters. The highest BCUT2D eigenvalue weighted by molar-refractivity contribution is 4.95. The third kappa shape index (κ3) is 5.14. The molecule has 0 bridgehead atoms. The molecule has 1 heterocycles. The van der Waals surface area contributed by atoms with Crippen molar-refractivity contribution in [3.63, 3.8) is 0 Å². The second kappa shape index (κ2) is 7.33. The van der Waals surface area contributed by atoms with Crippen LogP contribution in [0.25, 0.3) is 0 Å². The molecule has 0 saturated carbocycles. The van der Waals surface area contributed by atoms with Crippen LogP contribution in [0.4, 0.5) is 0 Å². The van der Waals surface area contributed by atoms with Crippen LogP contribution < -0.4 is 0 Å². The lowest BCUT2D eigenvalue weighted by atomic mass is 9.89. The molecule has 0 aromatic carbocycles. The van der Waals surface area contributed by atoms with Crippen LogP contribution in [0.5, 0.6) is 0 Å². The van der Waals surface area contributed by atoms with Crippen molar-refractivity contribution in [3.05, 3.63) is 12.2 Å². The predicted molar refractivity (Wildman–Crippen MR) is 77.8 cm³/mol. The van der Waals surface area contributed by atoms with E-state index < -0.39 is 0 Å². The SMILES string of the molecule is C[C@@H]1C/C=C\CCCCCCCCCC2(CO2)C1. The van der Waals surface area contributed by atoms with Gasteiger partial charge in [-0.05, 0) is 38.0 Å². The summed E-state index contributed by atoms with van der Waals surface area (Å²) in [5.74, 6) is 0.786. The second-order valence-electron chi connectivity index (χ2n) is 6.50. The molecule has 1 heteroatoms. The van der Waals surface area contributed by atoms with E-state index in [0.717, 1.165) is 12.5 Å². The molecule has 18 heavy (non-hydrogen) atoms. The van der Waals surface area contributed by atoms with Gasteiger partial charge >= 0.3 is 0 Å². The summed E-state index contributed by atoms with van der Waals surface area (Å²) >= 11 is 0. The van der Waals surface area contributed by atoms with Gasteiger partial charge in [-0.1, -0.05) is 57.6 Å². The number of hydrogen-bond donors (Lipinski definition) is 0. The lowest BCUT2D eigenvalue weighted by molar-refractivity contribution is 0.239. The normalized spacial score (nSPS) is 37.7. The van der Waals surface area contributed by atoms with E-state index in [1.807, 2.05) is 0 Å². The first-order chi connectivity index (χ1) is 8.81. The first-order valence-electron chi connectivity index (χ1n) is 8.10. The van der Waals surface area contributed by atoms with Crippen LogP contribution in [-0.4, -0.2) is 12.2 Å². The fraction of sp³-hybridized carbons (Fsp3) is 0.882. The van der Waals surface area contributed by atoms with Crippen molar-refractivity contribution in [2.24, 2.45) is 5.92 Å². The summed E-state index contributed by atoms with van der Waals surface area (Å²) in [6.07, 6.45) is 19.8. The summed E-state index contributed by atoms with van der Waals surface area (Å²) in [6, 6.07) is 0. The zero-order valence-corrected chi connectivity index (χ0v) is 12.1. The van der Waals surface area contributed by atoms with E-state index in [-0.39, 0.29) is 0 Å². The summed E-state index contributed by atoms with van der Waals surface area (Å²) in [6.45, 7) is 3.41. The van der Waals surface area contributed by atoms with E-state index in [1.165, 1.54) is 70.6 Å². The number of epoxide rings is 1. The van der Waals surface area contributed by atoms with Crippen molar-refractivity contribution in [1.29, 1.82) is 0 Å². The van der Waals surface area contributed by atoms with Gasteiger partial charge in [0.2, 0.25) is 0 Å². The molecule has 2 rings (SSSR count). The van der Waals surface area contributed by atoms with Gasteiger partial charge in [-0.15, -0.1) is 0 Å². The Balaban J connectivity index is 1.78. The summed E-state index contributed by atoms with van der Waals surface area (Å²) in [5, 5.41) is 0. The maximum Gasteiger partial charge on any atom is 0.0919 e. The van der Waals surface area contributed by atoms with E-state index in [1.54, 1.807) is 0 Å². The van der Waals surface area contributed by atoms with Crippen LogP contribution in [0.15, 0.2) is 12.2 Å². The highest BCUT2D eigenvalue weighted by atomic mass is 16.6. The number of allylic oxidation sites excluding steroid dienone is 2. The molecule has 1 fully saturated rings. The molecule has 2 atom stereocenters. The maximum atomic E-state index is 5.77. The number of ether oxygens (including phenoxy) is 1. The van der Waals surface area contributed by atoms with Crippen LogP contribution in [0.2, 0.25) is 0 Å². The molecule has 1 spiro atoms. The number of rotatable bonds is 0. The Bertz CT molecular complexity index is 252. The average Bonchev–Trinajstić information content (AvgIpc) is 3.10. The zero-order valence-electron chi connectivity index (χ0n) is 12.1. The highest BCUT2D eigenvalue weighted by Gasteiger charge is 2.44. The average molecular weight is 250 g/mol. The van der Waals surface area contributed by atoms with Gasteiger partial charge < -0.3 is 4.74 Å². The molecule has 104 valence electrons. The van der Waals surface area contributed by atoms with Crippen molar-refractivity contribution < 1.29 is 4.74 Å². The largest absolute Gasteiger partial charge is 0.370 e. The van der Waals surface area contributed by atoms with Gasteiger partial charge in [0.1, 0.15) is 0 Å². The summed E-state index contributed by atoms with van der Waals surface area (Å²) in [5.41, 5.74) is 0.299. The molecule has 0 aromatic heterocycles. The predicted octanol–water partition coefficient (Wildman–Crippen LogP) is 5.25. The summed E-state index contributed by atoms with van der Waals surface area (Å²) in [4.78, 5) is 0. The Morgan fingerprint density at radius 1 is 0.944 bits per heavy atom. The van der Waals surface area contributed by atoms with Crippen LogP contribution in [-0.2, 0) is 4.74 Å². The van der Waals surface area contributed by atoms with Crippen LogP contribution in [0, 0.1) is 5.92 Å². The molecule has 0 amide bonds. The molecular formula is C17H30O. The Kier molecular flexibility index (Phi) is 5.75. The third-order valence-electron chi connectivity index (χ3n) is 4.48. The fourth-order valence-electron chi connectivity index (χ4n) is 3.22. The molecule has 1 aliphatic heterocycles. The highest BCUT2D eigenvalue weighted by Crippen LogP contribution is 2.39. The molecule has 1 saturated heterocycles.